The van der Waals surface area contributed by atoms with E-state index in [-0.39, 0.29) is 5.91 Å². The second kappa shape index (κ2) is 8.71. The molecule has 0 fully saturated rings. The number of hydrogen-bond acceptors (Lipinski definition) is 5. The lowest BCUT2D eigenvalue weighted by Crippen LogP contribution is -2.30. The maximum atomic E-state index is 13.4. The van der Waals surface area contributed by atoms with E-state index in [1.54, 1.807) is 17.3 Å². The SMILES string of the molecule is CCOc1cccc2sc(N(Cc3cccnc3)C(=O)c3cccc(Br)c3)nc12. The number of ether oxygens (including phenoxy) is 1. The highest BCUT2D eigenvalue weighted by Crippen LogP contribution is 2.35. The van der Waals surface area contributed by atoms with Crippen molar-refractivity contribution in [2.24, 2.45) is 0 Å². The maximum Gasteiger partial charge on any atom is 0.260 e. The van der Waals surface area contributed by atoms with E-state index in [0.29, 0.717) is 23.8 Å². The summed E-state index contributed by atoms with van der Waals surface area (Å²) in [5.41, 5.74) is 2.29. The molecule has 0 aliphatic rings. The summed E-state index contributed by atoms with van der Waals surface area (Å²) in [6, 6.07) is 17.0. The molecule has 7 heteroatoms. The summed E-state index contributed by atoms with van der Waals surface area (Å²) in [4.78, 5) is 24.0. The van der Waals surface area contributed by atoms with Crippen LogP contribution in [-0.4, -0.2) is 22.5 Å². The van der Waals surface area contributed by atoms with E-state index in [9.17, 15) is 4.79 Å². The third-order valence-corrected chi connectivity index (χ3v) is 5.82. The van der Waals surface area contributed by atoms with Gasteiger partial charge < -0.3 is 4.74 Å². The van der Waals surface area contributed by atoms with Gasteiger partial charge in [0, 0.05) is 22.4 Å². The van der Waals surface area contributed by atoms with Gasteiger partial charge in [0.25, 0.3) is 5.91 Å². The molecule has 0 saturated carbocycles. The number of halogens is 1. The molecule has 2 aromatic carbocycles. The summed E-state index contributed by atoms with van der Waals surface area (Å²) in [7, 11) is 0. The molecule has 0 aliphatic carbocycles. The molecule has 0 bridgehead atoms. The second-order valence-electron chi connectivity index (χ2n) is 6.30. The van der Waals surface area contributed by atoms with Gasteiger partial charge in [0.1, 0.15) is 11.3 Å². The molecule has 0 spiro atoms. The highest BCUT2D eigenvalue weighted by molar-refractivity contribution is 9.10. The second-order valence-corrected chi connectivity index (χ2v) is 8.22. The zero-order valence-corrected chi connectivity index (χ0v) is 18.1. The third-order valence-electron chi connectivity index (χ3n) is 4.28. The number of benzene rings is 2. The minimum atomic E-state index is -0.118. The first-order chi connectivity index (χ1) is 14.2. The number of anilines is 1. The van der Waals surface area contributed by atoms with Gasteiger partial charge in [-0.1, -0.05) is 45.5 Å². The molecule has 0 N–H and O–H groups in total. The molecule has 1 amide bonds. The molecule has 0 aliphatic heterocycles. The summed E-state index contributed by atoms with van der Waals surface area (Å²) >= 11 is 4.92. The first-order valence-corrected chi connectivity index (χ1v) is 10.8. The number of carbonyl (C=O) groups is 1. The van der Waals surface area contributed by atoms with Crippen LogP contribution in [0.25, 0.3) is 10.2 Å². The Morgan fingerprint density at radius 1 is 1.17 bits per heavy atom. The zero-order valence-electron chi connectivity index (χ0n) is 15.7. The highest BCUT2D eigenvalue weighted by atomic mass is 79.9. The van der Waals surface area contributed by atoms with Crippen LogP contribution in [0.4, 0.5) is 5.13 Å². The lowest BCUT2D eigenvalue weighted by Gasteiger charge is -2.20. The molecule has 146 valence electrons. The summed E-state index contributed by atoms with van der Waals surface area (Å²) in [5.74, 6) is 0.607. The number of aromatic nitrogens is 2. The van der Waals surface area contributed by atoms with Crippen molar-refractivity contribution in [3.05, 3.63) is 82.6 Å². The number of pyridine rings is 1. The van der Waals surface area contributed by atoms with Crippen LogP contribution in [0.15, 0.2) is 71.5 Å². The van der Waals surface area contributed by atoms with Crippen molar-refractivity contribution in [1.29, 1.82) is 0 Å². The van der Waals surface area contributed by atoms with Crippen molar-refractivity contribution in [3.63, 3.8) is 0 Å². The van der Waals surface area contributed by atoms with E-state index in [1.807, 2.05) is 61.5 Å². The molecular weight excluding hydrogens is 450 g/mol. The fourth-order valence-electron chi connectivity index (χ4n) is 2.98. The van der Waals surface area contributed by atoms with Gasteiger partial charge >= 0.3 is 0 Å². The van der Waals surface area contributed by atoms with Crippen molar-refractivity contribution >= 4 is 48.5 Å². The van der Waals surface area contributed by atoms with Gasteiger partial charge in [-0.3, -0.25) is 14.7 Å². The standard InChI is InChI=1S/C22H18BrN3O2S/c1-2-28-18-9-4-10-19-20(18)25-22(29-19)26(14-15-6-5-11-24-13-15)21(27)16-7-3-8-17(23)12-16/h3-13H,2,14H2,1H3. The number of fused-ring (bicyclic) bond motifs is 1. The minimum Gasteiger partial charge on any atom is -0.492 e. The number of thiazole rings is 1. The predicted molar refractivity (Wildman–Crippen MR) is 120 cm³/mol. The fraction of sp³-hybridized carbons (Fsp3) is 0.136. The van der Waals surface area contributed by atoms with E-state index in [2.05, 4.69) is 20.9 Å². The van der Waals surface area contributed by atoms with Gasteiger partial charge in [-0.2, -0.15) is 0 Å². The van der Waals surface area contributed by atoms with Crippen LogP contribution in [0.2, 0.25) is 0 Å². The Kier molecular flexibility index (Phi) is 5.87. The van der Waals surface area contributed by atoms with Gasteiger partial charge in [0.05, 0.1) is 17.9 Å². The molecule has 0 radical (unpaired) electrons. The minimum absolute atomic E-state index is 0.118. The van der Waals surface area contributed by atoms with Crippen LogP contribution in [0.1, 0.15) is 22.8 Å². The molecule has 29 heavy (non-hydrogen) atoms. The Morgan fingerprint density at radius 2 is 2.03 bits per heavy atom. The van der Waals surface area contributed by atoms with Crippen LogP contribution in [0, 0.1) is 0 Å². The fourth-order valence-corrected chi connectivity index (χ4v) is 4.36. The number of para-hydroxylation sites is 1. The summed E-state index contributed by atoms with van der Waals surface area (Å²) in [5, 5.41) is 0.626. The lowest BCUT2D eigenvalue weighted by molar-refractivity contribution is 0.0985. The highest BCUT2D eigenvalue weighted by Gasteiger charge is 2.23. The monoisotopic (exact) mass is 467 g/mol. The van der Waals surface area contributed by atoms with Crippen LogP contribution in [0.3, 0.4) is 0 Å². The lowest BCUT2D eigenvalue weighted by atomic mass is 10.2. The molecule has 4 rings (SSSR count). The molecule has 5 nitrogen and oxygen atoms in total. The molecule has 0 unspecified atom stereocenters. The number of amides is 1. The van der Waals surface area contributed by atoms with E-state index in [4.69, 9.17) is 9.72 Å². The quantitative estimate of drug-likeness (QED) is 0.364. The molecule has 2 heterocycles. The summed E-state index contributed by atoms with van der Waals surface area (Å²) < 4.78 is 7.55. The van der Waals surface area contributed by atoms with Crippen molar-refractivity contribution < 1.29 is 9.53 Å². The topological polar surface area (TPSA) is 55.3 Å². The van der Waals surface area contributed by atoms with Crippen molar-refractivity contribution in [2.45, 2.75) is 13.5 Å². The maximum absolute atomic E-state index is 13.4. The van der Waals surface area contributed by atoms with Crippen molar-refractivity contribution in [2.75, 3.05) is 11.5 Å². The summed E-state index contributed by atoms with van der Waals surface area (Å²) in [6.07, 6.45) is 3.48. The van der Waals surface area contributed by atoms with Gasteiger partial charge in [-0.25, -0.2) is 4.98 Å². The van der Waals surface area contributed by atoms with Crippen LogP contribution >= 0.6 is 27.3 Å². The number of rotatable bonds is 6. The van der Waals surface area contributed by atoms with Gasteiger partial charge in [0.15, 0.2) is 5.13 Å². The van der Waals surface area contributed by atoms with Gasteiger partial charge in [0.2, 0.25) is 0 Å². The number of nitrogens with zero attached hydrogens (tertiary/aromatic N) is 3. The van der Waals surface area contributed by atoms with Crippen molar-refractivity contribution in [3.8, 4) is 5.75 Å². The smallest absolute Gasteiger partial charge is 0.260 e. The van der Waals surface area contributed by atoms with Gasteiger partial charge in [-0.05, 0) is 48.9 Å². The van der Waals surface area contributed by atoms with Crippen molar-refractivity contribution in [1.82, 2.24) is 9.97 Å². The Hall–Kier alpha value is -2.77. The van der Waals surface area contributed by atoms with Crippen LogP contribution < -0.4 is 9.64 Å². The third kappa shape index (κ3) is 4.31. The summed E-state index contributed by atoms with van der Waals surface area (Å²) in [6.45, 7) is 2.88. The number of hydrogen-bond donors (Lipinski definition) is 0. The zero-order chi connectivity index (χ0) is 20.2. The average Bonchev–Trinajstić information content (AvgIpc) is 3.17. The Bertz CT molecular complexity index is 1150. The van der Waals surface area contributed by atoms with Gasteiger partial charge in [-0.15, -0.1) is 0 Å². The van der Waals surface area contributed by atoms with Crippen LogP contribution in [-0.2, 0) is 6.54 Å². The normalized spacial score (nSPS) is 10.8. The van der Waals surface area contributed by atoms with E-state index < -0.39 is 0 Å². The molecular formula is C22H18BrN3O2S. The van der Waals surface area contributed by atoms with E-state index in [1.165, 1.54) is 11.3 Å². The molecule has 4 aromatic rings. The Balaban J connectivity index is 1.78. The van der Waals surface area contributed by atoms with E-state index >= 15 is 0 Å². The van der Waals surface area contributed by atoms with Crippen LogP contribution in [0.5, 0.6) is 5.75 Å². The first kappa shape index (κ1) is 19.5. The number of carbonyl (C=O) groups excluding carboxylic acids is 1. The predicted octanol–water partition coefficient (Wildman–Crippen LogP) is 5.70. The Labute approximate surface area is 181 Å². The largest absolute Gasteiger partial charge is 0.492 e. The van der Waals surface area contributed by atoms with E-state index in [0.717, 1.165) is 26.0 Å². The molecule has 0 saturated heterocycles. The average molecular weight is 468 g/mol. The Morgan fingerprint density at radius 3 is 2.79 bits per heavy atom. The first-order valence-electron chi connectivity index (χ1n) is 9.14. The molecule has 2 aromatic heterocycles. The molecule has 0 atom stereocenters.